The Hall–Kier alpha value is -2.76. The number of ether oxygens (including phenoxy) is 1. The summed E-state index contributed by atoms with van der Waals surface area (Å²) in [6.45, 7) is 11.5. The molecule has 0 aliphatic carbocycles. The van der Waals surface area contributed by atoms with Crippen LogP contribution in [0.15, 0.2) is 42.6 Å². The molecule has 3 rings (SSSR count). The van der Waals surface area contributed by atoms with Crippen LogP contribution in [0.25, 0.3) is 0 Å². The average Bonchev–Trinajstić information content (AvgIpc) is 3.18. The monoisotopic (exact) mass is 425 g/mol. The molecule has 1 atom stereocenters. The van der Waals surface area contributed by atoms with E-state index in [9.17, 15) is 9.59 Å². The maximum absolute atomic E-state index is 13.5. The number of carbonyl (C=O) groups excluding carboxylic acids is 2. The van der Waals surface area contributed by atoms with E-state index in [1.54, 1.807) is 12.0 Å². The van der Waals surface area contributed by atoms with E-state index in [0.29, 0.717) is 13.0 Å². The Bertz CT molecular complexity index is 926. The number of methoxy groups -OCH3 is 1. The molecule has 1 aliphatic rings. The average molecular weight is 426 g/mol. The Labute approximate surface area is 185 Å². The molecule has 31 heavy (non-hydrogen) atoms. The largest absolute Gasteiger partial charge is 0.497 e. The second kappa shape index (κ2) is 9.16. The highest BCUT2D eigenvalue weighted by molar-refractivity contribution is 5.86. The SMILES string of the molecule is COc1cccc([C@H]2c3cccn3CCN2C(=O)CN(C(=O)CC(C)(C)C)C(C)C)c1. The van der Waals surface area contributed by atoms with Crippen LogP contribution < -0.4 is 4.74 Å². The smallest absolute Gasteiger partial charge is 0.243 e. The van der Waals surface area contributed by atoms with Crippen molar-refractivity contribution in [3.8, 4) is 5.75 Å². The highest BCUT2D eigenvalue weighted by Crippen LogP contribution is 2.34. The normalized spacial score (nSPS) is 16.2. The molecule has 0 radical (unpaired) electrons. The highest BCUT2D eigenvalue weighted by Gasteiger charge is 2.34. The van der Waals surface area contributed by atoms with E-state index in [-0.39, 0.29) is 35.9 Å². The predicted octanol–water partition coefficient (Wildman–Crippen LogP) is 4.10. The minimum absolute atomic E-state index is 0.0224. The van der Waals surface area contributed by atoms with Gasteiger partial charge in [0.05, 0.1) is 13.2 Å². The van der Waals surface area contributed by atoms with Crippen molar-refractivity contribution in [1.29, 1.82) is 0 Å². The lowest BCUT2D eigenvalue weighted by molar-refractivity contribution is -0.144. The molecular formula is C25H35N3O3. The van der Waals surface area contributed by atoms with Crippen molar-refractivity contribution >= 4 is 11.8 Å². The number of benzene rings is 1. The number of fused-ring (bicyclic) bond motifs is 1. The first-order valence-corrected chi connectivity index (χ1v) is 11.0. The van der Waals surface area contributed by atoms with Gasteiger partial charge in [-0.3, -0.25) is 9.59 Å². The standard InChI is InChI=1S/C25H35N3O3/c1-18(2)28(22(29)16-25(3,4)5)17-23(30)27-14-13-26-12-8-11-21(26)24(27)19-9-7-10-20(15-19)31-6/h7-12,15,18,24H,13-14,16-17H2,1-6H3/t24-/m0/s1. The molecule has 2 heterocycles. The summed E-state index contributed by atoms with van der Waals surface area (Å²) in [5.41, 5.74) is 1.96. The number of amides is 2. The Morgan fingerprint density at radius 1 is 1.16 bits per heavy atom. The van der Waals surface area contributed by atoms with Crippen molar-refractivity contribution in [1.82, 2.24) is 14.4 Å². The first kappa shape index (κ1) is 22.9. The van der Waals surface area contributed by atoms with Crippen LogP contribution in [-0.2, 0) is 16.1 Å². The fourth-order valence-corrected chi connectivity index (χ4v) is 4.16. The zero-order valence-corrected chi connectivity index (χ0v) is 19.6. The second-order valence-corrected chi connectivity index (χ2v) is 9.75. The summed E-state index contributed by atoms with van der Waals surface area (Å²) in [7, 11) is 1.65. The second-order valence-electron chi connectivity index (χ2n) is 9.75. The molecule has 1 aliphatic heterocycles. The highest BCUT2D eigenvalue weighted by atomic mass is 16.5. The van der Waals surface area contributed by atoms with Gasteiger partial charge in [-0.05, 0) is 49.1 Å². The Morgan fingerprint density at radius 2 is 1.90 bits per heavy atom. The number of rotatable bonds is 6. The van der Waals surface area contributed by atoms with Gasteiger partial charge in [-0.15, -0.1) is 0 Å². The van der Waals surface area contributed by atoms with Crippen molar-refractivity contribution < 1.29 is 14.3 Å². The van der Waals surface area contributed by atoms with Gasteiger partial charge in [-0.25, -0.2) is 0 Å². The summed E-state index contributed by atoms with van der Waals surface area (Å²) in [4.78, 5) is 30.1. The summed E-state index contributed by atoms with van der Waals surface area (Å²) >= 11 is 0. The van der Waals surface area contributed by atoms with Crippen LogP contribution in [0, 0.1) is 5.41 Å². The summed E-state index contributed by atoms with van der Waals surface area (Å²) in [6.07, 6.45) is 2.47. The topological polar surface area (TPSA) is 54.8 Å². The Balaban J connectivity index is 1.90. The zero-order chi connectivity index (χ0) is 22.8. The van der Waals surface area contributed by atoms with E-state index in [1.807, 2.05) is 69.9 Å². The van der Waals surface area contributed by atoms with Gasteiger partial charge in [0, 0.05) is 37.4 Å². The van der Waals surface area contributed by atoms with Gasteiger partial charge in [-0.1, -0.05) is 32.9 Å². The summed E-state index contributed by atoms with van der Waals surface area (Å²) in [5.74, 6) is 0.753. The fraction of sp³-hybridized carbons (Fsp3) is 0.520. The molecule has 0 bridgehead atoms. The summed E-state index contributed by atoms with van der Waals surface area (Å²) in [6, 6.07) is 11.7. The Morgan fingerprint density at radius 3 is 2.55 bits per heavy atom. The minimum atomic E-state index is -0.210. The molecule has 0 spiro atoms. The lowest BCUT2D eigenvalue weighted by atomic mass is 9.91. The maximum atomic E-state index is 13.5. The van der Waals surface area contributed by atoms with E-state index in [0.717, 1.165) is 23.6 Å². The van der Waals surface area contributed by atoms with E-state index in [1.165, 1.54) is 0 Å². The van der Waals surface area contributed by atoms with Crippen LogP contribution >= 0.6 is 0 Å². The molecule has 1 aromatic heterocycles. The summed E-state index contributed by atoms with van der Waals surface area (Å²) in [5, 5.41) is 0. The van der Waals surface area contributed by atoms with Crippen molar-refractivity contribution in [2.24, 2.45) is 5.41 Å². The van der Waals surface area contributed by atoms with Crippen LogP contribution in [0.4, 0.5) is 0 Å². The van der Waals surface area contributed by atoms with Gasteiger partial charge < -0.3 is 19.1 Å². The van der Waals surface area contributed by atoms with Crippen LogP contribution in [-0.4, -0.2) is 52.4 Å². The minimum Gasteiger partial charge on any atom is -0.497 e. The van der Waals surface area contributed by atoms with E-state index >= 15 is 0 Å². The molecule has 2 aromatic rings. The van der Waals surface area contributed by atoms with Gasteiger partial charge in [0.1, 0.15) is 12.3 Å². The van der Waals surface area contributed by atoms with E-state index < -0.39 is 0 Å². The number of nitrogens with zero attached hydrogens (tertiary/aromatic N) is 3. The van der Waals surface area contributed by atoms with Gasteiger partial charge in [0.15, 0.2) is 0 Å². The van der Waals surface area contributed by atoms with Crippen molar-refractivity contribution in [3.63, 3.8) is 0 Å². The third-order valence-electron chi connectivity index (χ3n) is 5.70. The molecule has 0 unspecified atom stereocenters. The first-order valence-electron chi connectivity index (χ1n) is 11.0. The Kier molecular flexibility index (Phi) is 6.77. The molecule has 0 fully saturated rings. The van der Waals surface area contributed by atoms with Gasteiger partial charge in [-0.2, -0.15) is 0 Å². The molecule has 168 valence electrons. The lowest BCUT2D eigenvalue weighted by Crippen LogP contribution is -2.50. The van der Waals surface area contributed by atoms with Gasteiger partial charge >= 0.3 is 0 Å². The number of carbonyl (C=O) groups is 2. The molecule has 1 aromatic carbocycles. The van der Waals surface area contributed by atoms with E-state index in [2.05, 4.69) is 16.8 Å². The van der Waals surface area contributed by atoms with Crippen LogP contribution in [0.2, 0.25) is 0 Å². The fourth-order valence-electron chi connectivity index (χ4n) is 4.16. The third kappa shape index (κ3) is 5.30. The van der Waals surface area contributed by atoms with E-state index in [4.69, 9.17) is 4.74 Å². The number of hydrogen-bond acceptors (Lipinski definition) is 3. The zero-order valence-electron chi connectivity index (χ0n) is 19.6. The maximum Gasteiger partial charge on any atom is 0.243 e. The third-order valence-corrected chi connectivity index (χ3v) is 5.70. The van der Waals surface area contributed by atoms with Crippen molar-refractivity contribution in [2.45, 2.75) is 59.7 Å². The summed E-state index contributed by atoms with van der Waals surface area (Å²) < 4.78 is 7.61. The number of hydrogen-bond donors (Lipinski definition) is 0. The molecule has 0 saturated heterocycles. The molecule has 6 nitrogen and oxygen atoms in total. The lowest BCUT2D eigenvalue weighted by Gasteiger charge is -2.39. The van der Waals surface area contributed by atoms with Crippen LogP contribution in [0.5, 0.6) is 5.75 Å². The predicted molar refractivity (Wildman–Crippen MR) is 122 cm³/mol. The molecule has 6 heteroatoms. The van der Waals surface area contributed by atoms with Crippen LogP contribution in [0.1, 0.15) is 58.3 Å². The molecule has 0 N–H and O–H groups in total. The quantitative estimate of drug-likeness (QED) is 0.700. The van der Waals surface area contributed by atoms with Crippen molar-refractivity contribution in [2.75, 3.05) is 20.2 Å². The molecule has 2 amide bonds. The van der Waals surface area contributed by atoms with Crippen LogP contribution in [0.3, 0.4) is 0 Å². The van der Waals surface area contributed by atoms with Gasteiger partial charge in [0.2, 0.25) is 11.8 Å². The van der Waals surface area contributed by atoms with Crippen molar-refractivity contribution in [3.05, 3.63) is 53.9 Å². The number of aromatic nitrogens is 1. The van der Waals surface area contributed by atoms with Gasteiger partial charge in [0.25, 0.3) is 0 Å². The molecule has 0 saturated carbocycles. The first-order chi connectivity index (χ1) is 14.6. The molecular weight excluding hydrogens is 390 g/mol.